The number of nitro groups is 1. The van der Waals surface area contributed by atoms with Crippen LogP contribution in [0.2, 0.25) is 0 Å². The van der Waals surface area contributed by atoms with Gasteiger partial charge in [0.1, 0.15) is 0 Å². The molecular weight excluding hydrogens is 403 g/mol. The SMILES string of the molecule is Cc1cc(C(=O)Cn2cc([N+](=O)[O-])ccc2=O)c(C)n1-c1cccc(C(F)(F)F)c1. The number of hydrogen-bond acceptors (Lipinski definition) is 4. The number of pyridine rings is 1. The number of hydrogen-bond donors (Lipinski definition) is 0. The van der Waals surface area contributed by atoms with Crippen LogP contribution in [0.15, 0.2) is 53.5 Å². The van der Waals surface area contributed by atoms with Gasteiger partial charge in [0.15, 0.2) is 5.78 Å². The maximum atomic E-state index is 13.0. The lowest BCUT2D eigenvalue weighted by Gasteiger charge is -2.13. The summed E-state index contributed by atoms with van der Waals surface area (Å²) in [6.45, 7) is 2.79. The molecule has 2 heterocycles. The zero-order valence-corrected chi connectivity index (χ0v) is 15.9. The maximum Gasteiger partial charge on any atom is 0.416 e. The number of alkyl halides is 3. The normalized spacial score (nSPS) is 11.5. The van der Waals surface area contributed by atoms with Gasteiger partial charge in [0.2, 0.25) is 0 Å². The molecule has 156 valence electrons. The molecule has 0 unspecified atom stereocenters. The van der Waals surface area contributed by atoms with E-state index < -0.39 is 34.6 Å². The highest BCUT2D eigenvalue weighted by Gasteiger charge is 2.31. The molecule has 0 saturated carbocycles. The molecule has 0 aliphatic carbocycles. The minimum atomic E-state index is -4.51. The van der Waals surface area contributed by atoms with Gasteiger partial charge in [-0.15, -0.1) is 0 Å². The van der Waals surface area contributed by atoms with E-state index in [1.54, 1.807) is 13.8 Å². The van der Waals surface area contributed by atoms with Crippen molar-refractivity contribution in [1.29, 1.82) is 0 Å². The zero-order chi connectivity index (χ0) is 22.2. The summed E-state index contributed by atoms with van der Waals surface area (Å²) >= 11 is 0. The summed E-state index contributed by atoms with van der Waals surface area (Å²) in [5.41, 5.74) is -0.354. The number of carbonyl (C=O) groups is 1. The number of benzene rings is 1. The molecule has 2 aromatic heterocycles. The quantitative estimate of drug-likeness (QED) is 0.354. The summed E-state index contributed by atoms with van der Waals surface area (Å²) in [4.78, 5) is 34.9. The molecule has 0 bridgehead atoms. The third-order valence-electron chi connectivity index (χ3n) is 4.66. The molecule has 0 N–H and O–H groups in total. The van der Waals surface area contributed by atoms with Crippen LogP contribution < -0.4 is 5.56 Å². The Morgan fingerprint density at radius 3 is 2.47 bits per heavy atom. The summed E-state index contributed by atoms with van der Waals surface area (Å²) in [7, 11) is 0. The topological polar surface area (TPSA) is 87.1 Å². The van der Waals surface area contributed by atoms with Crippen LogP contribution in [0.4, 0.5) is 18.9 Å². The van der Waals surface area contributed by atoms with Gasteiger partial charge < -0.3 is 9.13 Å². The zero-order valence-electron chi connectivity index (χ0n) is 15.9. The Labute approximate surface area is 168 Å². The van der Waals surface area contributed by atoms with E-state index in [4.69, 9.17) is 0 Å². The molecule has 3 aromatic rings. The number of ketones is 1. The Kier molecular flexibility index (Phi) is 5.34. The van der Waals surface area contributed by atoms with Crippen molar-refractivity contribution in [3.63, 3.8) is 0 Å². The molecule has 0 atom stereocenters. The monoisotopic (exact) mass is 419 g/mol. The Morgan fingerprint density at radius 1 is 1.13 bits per heavy atom. The average Bonchev–Trinajstić information content (AvgIpc) is 2.97. The molecule has 0 aliphatic rings. The molecule has 10 heteroatoms. The predicted octanol–water partition coefficient (Wildman–Crippen LogP) is 4.07. The number of rotatable bonds is 5. The first-order valence-electron chi connectivity index (χ1n) is 8.73. The Balaban J connectivity index is 1.99. The number of nitrogens with zero attached hydrogens (tertiary/aromatic N) is 3. The van der Waals surface area contributed by atoms with E-state index in [0.29, 0.717) is 11.4 Å². The Morgan fingerprint density at radius 2 is 1.83 bits per heavy atom. The van der Waals surface area contributed by atoms with E-state index in [1.165, 1.54) is 22.8 Å². The van der Waals surface area contributed by atoms with E-state index >= 15 is 0 Å². The van der Waals surface area contributed by atoms with Crippen LogP contribution in [-0.4, -0.2) is 19.8 Å². The van der Waals surface area contributed by atoms with Gasteiger partial charge in [0.05, 0.1) is 23.2 Å². The van der Waals surface area contributed by atoms with E-state index in [2.05, 4.69) is 0 Å². The van der Waals surface area contributed by atoms with E-state index in [1.807, 2.05) is 0 Å². The first kappa shape index (κ1) is 21.0. The van der Waals surface area contributed by atoms with Crippen LogP contribution in [0.1, 0.15) is 27.3 Å². The standard InChI is InChI=1S/C20H16F3N3O4/c1-12-8-17(18(27)11-24-10-16(26(29)30)6-7-19(24)28)13(2)25(12)15-5-3-4-14(9-15)20(21,22)23/h3-10H,11H2,1-2H3. The summed E-state index contributed by atoms with van der Waals surface area (Å²) in [6.07, 6.45) is -3.53. The molecule has 0 radical (unpaired) electrons. The molecule has 30 heavy (non-hydrogen) atoms. The van der Waals surface area contributed by atoms with Gasteiger partial charge in [-0.3, -0.25) is 19.7 Å². The van der Waals surface area contributed by atoms with Gasteiger partial charge in [-0.2, -0.15) is 13.2 Å². The summed E-state index contributed by atoms with van der Waals surface area (Å²) in [5, 5.41) is 10.9. The summed E-state index contributed by atoms with van der Waals surface area (Å²) in [6, 6.07) is 8.27. The molecular formula is C20H16F3N3O4. The fourth-order valence-electron chi connectivity index (χ4n) is 3.25. The van der Waals surface area contributed by atoms with Crippen molar-refractivity contribution in [2.24, 2.45) is 0 Å². The van der Waals surface area contributed by atoms with Gasteiger partial charge in [-0.1, -0.05) is 6.07 Å². The van der Waals surface area contributed by atoms with Gasteiger partial charge in [-0.25, -0.2) is 0 Å². The third kappa shape index (κ3) is 4.02. The van der Waals surface area contributed by atoms with E-state index in [0.717, 1.165) is 35.0 Å². The molecule has 0 amide bonds. The molecule has 0 fully saturated rings. The first-order chi connectivity index (χ1) is 14.0. The van der Waals surface area contributed by atoms with Gasteiger partial charge in [0, 0.05) is 34.8 Å². The highest BCUT2D eigenvalue weighted by Crippen LogP contribution is 2.31. The van der Waals surface area contributed by atoms with Gasteiger partial charge in [0.25, 0.3) is 11.2 Å². The molecule has 1 aromatic carbocycles. The first-order valence-corrected chi connectivity index (χ1v) is 8.73. The minimum absolute atomic E-state index is 0.211. The highest BCUT2D eigenvalue weighted by molar-refractivity contribution is 5.97. The van der Waals surface area contributed by atoms with Crippen molar-refractivity contribution in [3.05, 3.63) is 91.6 Å². The molecule has 0 saturated heterocycles. The van der Waals surface area contributed by atoms with Crippen LogP contribution in [0.5, 0.6) is 0 Å². The Hall–Kier alpha value is -3.69. The fraction of sp³-hybridized carbons (Fsp3) is 0.200. The second-order valence-corrected chi connectivity index (χ2v) is 6.70. The average molecular weight is 419 g/mol. The van der Waals surface area contributed by atoms with Crippen LogP contribution in [-0.2, 0) is 12.7 Å². The lowest BCUT2D eigenvalue weighted by atomic mass is 10.1. The number of Topliss-reactive ketones (excluding diaryl/α,β-unsaturated/α-hetero) is 1. The highest BCUT2D eigenvalue weighted by atomic mass is 19.4. The minimum Gasteiger partial charge on any atom is -0.318 e. The largest absolute Gasteiger partial charge is 0.416 e. The molecule has 3 rings (SSSR count). The second kappa shape index (κ2) is 7.62. The van der Waals surface area contributed by atoms with Crippen LogP contribution in [0.25, 0.3) is 5.69 Å². The smallest absolute Gasteiger partial charge is 0.318 e. The third-order valence-corrected chi connectivity index (χ3v) is 4.66. The number of aromatic nitrogens is 2. The van der Waals surface area contributed by atoms with E-state index in [-0.39, 0.29) is 16.9 Å². The van der Waals surface area contributed by atoms with Crippen LogP contribution >= 0.6 is 0 Å². The van der Waals surface area contributed by atoms with Crippen molar-refractivity contribution >= 4 is 11.5 Å². The predicted molar refractivity (Wildman–Crippen MR) is 102 cm³/mol. The van der Waals surface area contributed by atoms with Gasteiger partial charge in [-0.05, 0) is 38.1 Å². The van der Waals surface area contributed by atoms with Crippen LogP contribution in [0.3, 0.4) is 0 Å². The molecule has 7 nitrogen and oxygen atoms in total. The van der Waals surface area contributed by atoms with Gasteiger partial charge >= 0.3 is 6.18 Å². The van der Waals surface area contributed by atoms with Crippen molar-refractivity contribution in [1.82, 2.24) is 9.13 Å². The van der Waals surface area contributed by atoms with Crippen molar-refractivity contribution in [2.75, 3.05) is 0 Å². The van der Waals surface area contributed by atoms with Crippen molar-refractivity contribution in [3.8, 4) is 5.69 Å². The number of halogens is 3. The fourth-order valence-corrected chi connectivity index (χ4v) is 3.25. The van der Waals surface area contributed by atoms with Crippen LogP contribution in [0, 0.1) is 24.0 Å². The number of carbonyl (C=O) groups excluding carboxylic acids is 1. The lowest BCUT2D eigenvalue weighted by molar-refractivity contribution is -0.385. The van der Waals surface area contributed by atoms with Crippen molar-refractivity contribution in [2.45, 2.75) is 26.6 Å². The van der Waals surface area contributed by atoms with E-state index in [9.17, 15) is 32.9 Å². The maximum absolute atomic E-state index is 13.0. The number of aryl methyl sites for hydroxylation is 1. The summed E-state index contributed by atoms with van der Waals surface area (Å²) in [5.74, 6) is -0.496. The molecule has 0 spiro atoms. The second-order valence-electron chi connectivity index (χ2n) is 6.70. The lowest BCUT2D eigenvalue weighted by Crippen LogP contribution is -2.23. The molecule has 0 aliphatic heterocycles. The summed E-state index contributed by atoms with van der Waals surface area (Å²) < 4.78 is 41.6. The Bertz CT molecular complexity index is 1210. The van der Waals surface area contributed by atoms with Crippen molar-refractivity contribution < 1.29 is 22.9 Å².